The maximum atomic E-state index is 11.7. The topological polar surface area (TPSA) is 75.1 Å². The number of hydrogen-bond acceptors (Lipinski definition) is 4. The van der Waals surface area contributed by atoms with E-state index in [1.807, 2.05) is 0 Å². The molecule has 0 bridgehead atoms. The van der Waals surface area contributed by atoms with Crippen LogP contribution in [0.25, 0.3) is 5.78 Å². The van der Waals surface area contributed by atoms with Gasteiger partial charge in [-0.1, -0.05) is 6.92 Å². The van der Waals surface area contributed by atoms with Crippen molar-refractivity contribution < 1.29 is 0 Å². The molecule has 2 N–H and O–H groups in total. The number of nitrogens with zero attached hydrogens (tertiary/aromatic N) is 3. The van der Waals surface area contributed by atoms with Gasteiger partial charge in [-0.15, -0.1) is 0 Å². The van der Waals surface area contributed by atoms with Crippen LogP contribution in [-0.2, 0) is 0 Å². The third-order valence-corrected chi connectivity index (χ3v) is 3.43. The highest BCUT2D eigenvalue weighted by atomic mass is 16.1. The van der Waals surface area contributed by atoms with E-state index in [0.717, 1.165) is 18.9 Å². The molecule has 0 aliphatic carbocycles. The molecule has 1 atom stereocenters. The number of aromatic nitrogens is 4. The summed E-state index contributed by atoms with van der Waals surface area (Å²) in [5, 5.41) is 6.28. The Morgan fingerprint density at radius 1 is 1.47 bits per heavy atom. The Balaban J connectivity index is 2.06. The van der Waals surface area contributed by atoms with E-state index < -0.39 is 0 Å². The third kappa shape index (κ3) is 1.64. The molecule has 1 fully saturated rings. The predicted molar refractivity (Wildman–Crippen MR) is 63.1 cm³/mol. The zero-order valence-electron chi connectivity index (χ0n) is 9.90. The van der Waals surface area contributed by atoms with Crippen molar-refractivity contribution in [1.82, 2.24) is 24.9 Å². The van der Waals surface area contributed by atoms with Gasteiger partial charge >= 0.3 is 0 Å². The van der Waals surface area contributed by atoms with Gasteiger partial charge < -0.3 is 5.32 Å². The molecule has 0 saturated carbocycles. The number of hydrogen-bond donors (Lipinski definition) is 2. The lowest BCUT2D eigenvalue weighted by molar-refractivity contribution is 0.296. The van der Waals surface area contributed by atoms with Crippen molar-refractivity contribution in [2.75, 3.05) is 13.1 Å². The Kier molecular flexibility index (Phi) is 2.25. The Labute approximate surface area is 98.1 Å². The van der Waals surface area contributed by atoms with Gasteiger partial charge in [-0.3, -0.25) is 9.89 Å². The number of nitrogens with one attached hydrogen (secondary N) is 2. The fourth-order valence-corrected chi connectivity index (χ4v) is 2.10. The van der Waals surface area contributed by atoms with Crippen molar-refractivity contribution in [2.24, 2.45) is 5.92 Å². The first-order valence-corrected chi connectivity index (χ1v) is 5.82. The zero-order chi connectivity index (χ0) is 12.0. The Morgan fingerprint density at radius 2 is 2.24 bits per heavy atom. The number of fused-ring (bicyclic) bond motifs is 1. The van der Waals surface area contributed by atoms with Crippen molar-refractivity contribution >= 4 is 5.78 Å². The van der Waals surface area contributed by atoms with E-state index in [4.69, 9.17) is 0 Å². The van der Waals surface area contributed by atoms with Crippen LogP contribution in [0.2, 0.25) is 0 Å². The molecule has 2 aromatic heterocycles. The first-order valence-electron chi connectivity index (χ1n) is 5.82. The standard InChI is InChI=1S/C11H15N5O/c1-6-3-9(17)16-11(13-6)14-10(15-16)7(2)8-4-12-5-8/h3,7-8,12H,4-5H2,1-2H3,(H,13,14,15). The molecule has 0 radical (unpaired) electrons. The summed E-state index contributed by atoms with van der Waals surface area (Å²) in [6.45, 7) is 5.95. The summed E-state index contributed by atoms with van der Waals surface area (Å²) < 4.78 is 1.41. The number of aryl methyl sites for hydroxylation is 1. The summed E-state index contributed by atoms with van der Waals surface area (Å²) in [6.07, 6.45) is 0. The van der Waals surface area contributed by atoms with E-state index in [-0.39, 0.29) is 5.56 Å². The van der Waals surface area contributed by atoms with Gasteiger partial charge in [0.15, 0.2) is 0 Å². The molecule has 0 spiro atoms. The Morgan fingerprint density at radius 3 is 2.88 bits per heavy atom. The summed E-state index contributed by atoms with van der Waals surface area (Å²) in [5.74, 6) is 2.21. The molecule has 1 saturated heterocycles. The molecule has 6 nitrogen and oxygen atoms in total. The van der Waals surface area contributed by atoms with E-state index in [9.17, 15) is 4.79 Å². The normalized spacial score (nSPS) is 18.2. The van der Waals surface area contributed by atoms with Gasteiger partial charge in [0.25, 0.3) is 11.3 Å². The molecule has 0 amide bonds. The van der Waals surface area contributed by atoms with Gasteiger partial charge in [-0.25, -0.2) is 4.98 Å². The lowest BCUT2D eigenvalue weighted by atomic mass is 9.88. The first kappa shape index (κ1) is 10.5. The van der Waals surface area contributed by atoms with Crippen molar-refractivity contribution in [3.05, 3.63) is 27.9 Å². The molecular formula is C11H15N5O. The van der Waals surface area contributed by atoms with Crippen LogP contribution in [0.15, 0.2) is 10.9 Å². The first-order chi connectivity index (χ1) is 8.15. The van der Waals surface area contributed by atoms with Crippen LogP contribution in [0.3, 0.4) is 0 Å². The molecule has 2 aromatic rings. The summed E-state index contributed by atoms with van der Waals surface area (Å²) in [6, 6.07) is 1.50. The molecule has 3 heterocycles. The van der Waals surface area contributed by atoms with E-state index >= 15 is 0 Å². The summed E-state index contributed by atoms with van der Waals surface area (Å²) in [5.41, 5.74) is 0.594. The predicted octanol–water partition coefficient (Wildman–Crippen LogP) is 0.0489. The van der Waals surface area contributed by atoms with E-state index in [1.165, 1.54) is 10.6 Å². The molecular weight excluding hydrogens is 218 g/mol. The van der Waals surface area contributed by atoms with Crippen molar-refractivity contribution in [1.29, 1.82) is 0 Å². The SMILES string of the molecule is Cc1cc(=O)n2[nH]c(C(C)C3CNC3)nc2n1. The molecule has 0 aromatic carbocycles. The van der Waals surface area contributed by atoms with Crippen LogP contribution in [-0.4, -0.2) is 32.7 Å². The largest absolute Gasteiger partial charge is 0.316 e. The highest BCUT2D eigenvalue weighted by Gasteiger charge is 2.27. The third-order valence-electron chi connectivity index (χ3n) is 3.43. The summed E-state index contributed by atoms with van der Waals surface area (Å²) in [7, 11) is 0. The minimum Gasteiger partial charge on any atom is -0.316 e. The number of aromatic amines is 1. The van der Waals surface area contributed by atoms with Crippen LogP contribution in [0.4, 0.5) is 0 Å². The summed E-state index contributed by atoms with van der Waals surface area (Å²) in [4.78, 5) is 20.4. The molecule has 17 heavy (non-hydrogen) atoms. The molecule has 1 unspecified atom stereocenters. The lowest BCUT2D eigenvalue weighted by Gasteiger charge is -2.31. The van der Waals surface area contributed by atoms with Gasteiger partial charge in [-0.05, 0) is 25.9 Å². The van der Waals surface area contributed by atoms with Gasteiger partial charge in [0.1, 0.15) is 5.82 Å². The van der Waals surface area contributed by atoms with Crippen molar-refractivity contribution in [2.45, 2.75) is 19.8 Å². The van der Waals surface area contributed by atoms with Crippen LogP contribution in [0.5, 0.6) is 0 Å². The van der Waals surface area contributed by atoms with Crippen molar-refractivity contribution in [3.8, 4) is 0 Å². The molecule has 1 aliphatic rings. The highest BCUT2D eigenvalue weighted by Crippen LogP contribution is 2.24. The minimum absolute atomic E-state index is 0.106. The average Bonchev–Trinajstić information content (AvgIpc) is 2.58. The summed E-state index contributed by atoms with van der Waals surface area (Å²) >= 11 is 0. The minimum atomic E-state index is -0.106. The molecule has 3 rings (SSSR count). The number of rotatable bonds is 2. The molecule has 1 aliphatic heterocycles. The Bertz CT molecular complexity index is 610. The zero-order valence-corrected chi connectivity index (χ0v) is 9.90. The molecule has 90 valence electrons. The van der Waals surface area contributed by atoms with Gasteiger partial charge in [0.05, 0.1) is 0 Å². The van der Waals surface area contributed by atoms with Crippen LogP contribution < -0.4 is 10.9 Å². The quantitative estimate of drug-likeness (QED) is 0.768. The van der Waals surface area contributed by atoms with E-state index in [1.54, 1.807) is 6.92 Å². The second-order valence-electron chi connectivity index (χ2n) is 4.69. The average molecular weight is 233 g/mol. The van der Waals surface area contributed by atoms with Crippen LogP contribution in [0.1, 0.15) is 24.4 Å². The van der Waals surface area contributed by atoms with Gasteiger partial charge in [0.2, 0.25) is 0 Å². The second-order valence-corrected chi connectivity index (χ2v) is 4.69. The van der Waals surface area contributed by atoms with Crippen molar-refractivity contribution in [3.63, 3.8) is 0 Å². The van der Waals surface area contributed by atoms with Gasteiger partial charge in [-0.2, -0.15) is 9.50 Å². The van der Waals surface area contributed by atoms with Gasteiger partial charge in [0, 0.05) is 17.7 Å². The lowest BCUT2D eigenvalue weighted by Crippen LogP contribution is -2.44. The Hall–Kier alpha value is -1.69. The fourth-order valence-electron chi connectivity index (χ4n) is 2.10. The van der Waals surface area contributed by atoms with E-state index in [0.29, 0.717) is 23.3 Å². The fraction of sp³-hybridized carbons (Fsp3) is 0.545. The highest BCUT2D eigenvalue weighted by molar-refractivity contribution is 5.28. The smallest absolute Gasteiger partial charge is 0.274 e. The maximum absolute atomic E-state index is 11.7. The van der Waals surface area contributed by atoms with E-state index in [2.05, 4.69) is 27.3 Å². The molecule has 6 heteroatoms. The second kappa shape index (κ2) is 3.66. The number of H-pyrrole nitrogens is 1. The van der Waals surface area contributed by atoms with Crippen LogP contribution in [0, 0.1) is 12.8 Å². The monoisotopic (exact) mass is 233 g/mol. The van der Waals surface area contributed by atoms with Crippen LogP contribution >= 0.6 is 0 Å². The maximum Gasteiger partial charge on any atom is 0.274 e.